The van der Waals surface area contributed by atoms with Crippen LogP contribution in [0.25, 0.3) is 0 Å². The maximum absolute atomic E-state index is 12.2. The average molecular weight is 431 g/mol. The molecule has 0 saturated carbocycles. The van der Waals surface area contributed by atoms with Crippen molar-refractivity contribution in [2.75, 3.05) is 11.1 Å². The minimum absolute atomic E-state index is 0.0933. The van der Waals surface area contributed by atoms with Gasteiger partial charge in [0, 0.05) is 12.2 Å². The third-order valence-corrected chi connectivity index (χ3v) is 5.48. The summed E-state index contributed by atoms with van der Waals surface area (Å²) in [6.45, 7) is 6.57. The van der Waals surface area contributed by atoms with Crippen LogP contribution in [0.2, 0.25) is 5.02 Å². The highest BCUT2D eigenvalue weighted by molar-refractivity contribution is 7.99. The molecule has 6 nitrogen and oxygen atoms in total. The molecular weight excluding hydrogens is 408 g/mol. The molecule has 0 aliphatic heterocycles. The zero-order chi connectivity index (χ0) is 20.8. The van der Waals surface area contributed by atoms with E-state index in [9.17, 15) is 4.79 Å². The Labute approximate surface area is 179 Å². The first-order valence-electron chi connectivity index (χ1n) is 9.31. The van der Waals surface area contributed by atoms with Crippen molar-refractivity contribution in [3.63, 3.8) is 0 Å². The van der Waals surface area contributed by atoms with Crippen molar-refractivity contribution in [1.29, 1.82) is 0 Å². The monoisotopic (exact) mass is 430 g/mol. The Morgan fingerprint density at radius 2 is 2.00 bits per heavy atom. The first-order chi connectivity index (χ1) is 14.0. The molecule has 0 fully saturated rings. The highest BCUT2D eigenvalue weighted by Crippen LogP contribution is 2.30. The Morgan fingerprint density at radius 1 is 1.24 bits per heavy atom. The van der Waals surface area contributed by atoms with E-state index in [0.29, 0.717) is 28.3 Å². The standard InChI is InChI=1S/C21H23ClN4O2S/c1-4-26-20(15(3)28-18-12-14(2)10-11-17(18)22)24-25-21(26)29-13-19(27)23-16-8-6-5-7-9-16/h5-12,15H,4,13H2,1-3H3,(H,23,27). The molecule has 2 aromatic carbocycles. The lowest BCUT2D eigenvalue weighted by atomic mass is 10.2. The first-order valence-corrected chi connectivity index (χ1v) is 10.7. The molecule has 3 aromatic rings. The molecule has 0 saturated heterocycles. The predicted molar refractivity (Wildman–Crippen MR) is 117 cm³/mol. The van der Waals surface area contributed by atoms with Gasteiger partial charge >= 0.3 is 0 Å². The van der Waals surface area contributed by atoms with Gasteiger partial charge in [-0.05, 0) is 50.6 Å². The van der Waals surface area contributed by atoms with Gasteiger partial charge in [-0.15, -0.1) is 10.2 Å². The van der Waals surface area contributed by atoms with E-state index in [1.807, 2.05) is 73.9 Å². The number of carbonyl (C=O) groups excluding carboxylic acids is 1. The Hall–Kier alpha value is -2.51. The van der Waals surface area contributed by atoms with Gasteiger partial charge in [-0.3, -0.25) is 4.79 Å². The Morgan fingerprint density at radius 3 is 2.72 bits per heavy atom. The molecular formula is C21H23ClN4O2S. The van der Waals surface area contributed by atoms with Crippen LogP contribution in [-0.4, -0.2) is 26.4 Å². The molecule has 1 amide bonds. The van der Waals surface area contributed by atoms with Crippen molar-refractivity contribution in [1.82, 2.24) is 14.8 Å². The molecule has 0 spiro atoms. The lowest BCUT2D eigenvalue weighted by molar-refractivity contribution is -0.113. The molecule has 0 bridgehead atoms. The summed E-state index contributed by atoms with van der Waals surface area (Å²) in [5.74, 6) is 1.45. The fraction of sp³-hybridized carbons (Fsp3) is 0.286. The van der Waals surface area contributed by atoms with Crippen molar-refractivity contribution in [3.8, 4) is 5.75 Å². The fourth-order valence-electron chi connectivity index (χ4n) is 2.80. The maximum atomic E-state index is 12.2. The average Bonchev–Trinajstić information content (AvgIpc) is 3.13. The number of anilines is 1. The summed E-state index contributed by atoms with van der Waals surface area (Å²) in [5, 5.41) is 12.6. The normalized spacial score (nSPS) is 11.9. The molecule has 1 aromatic heterocycles. The van der Waals surface area contributed by atoms with Crippen molar-refractivity contribution in [3.05, 3.63) is 64.9 Å². The van der Waals surface area contributed by atoms with Crippen LogP contribution in [0.1, 0.15) is 31.3 Å². The largest absolute Gasteiger partial charge is 0.481 e. The first kappa shape index (κ1) is 21.2. The fourth-order valence-corrected chi connectivity index (χ4v) is 3.77. The van der Waals surface area contributed by atoms with Gasteiger partial charge in [-0.25, -0.2) is 0 Å². The van der Waals surface area contributed by atoms with Gasteiger partial charge < -0.3 is 14.6 Å². The number of ether oxygens (including phenoxy) is 1. The lowest BCUT2D eigenvalue weighted by Crippen LogP contribution is -2.15. The molecule has 29 heavy (non-hydrogen) atoms. The molecule has 152 valence electrons. The number of hydrogen-bond donors (Lipinski definition) is 1. The van der Waals surface area contributed by atoms with Crippen LogP contribution in [-0.2, 0) is 11.3 Å². The molecule has 0 aliphatic rings. The quantitative estimate of drug-likeness (QED) is 0.501. The number of thioether (sulfide) groups is 1. The van der Waals surface area contributed by atoms with E-state index in [-0.39, 0.29) is 17.8 Å². The topological polar surface area (TPSA) is 69.0 Å². The number of amides is 1. The smallest absolute Gasteiger partial charge is 0.234 e. The predicted octanol–water partition coefficient (Wildman–Crippen LogP) is 5.13. The Bertz CT molecular complexity index is 978. The number of aromatic nitrogens is 3. The molecule has 0 aliphatic carbocycles. The summed E-state index contributed by atoms with van der Waals surface area (Å²) in [5.41, 5.74) is 1.84. The van der Waals surface area contributed by atoms with E-state index in [1.54, 1.807) is 0 Å². The van der Waals surface area contributed by atoms with Crippen molar-refractivity contribution < 1.29 is 9.53 Å². The van der Waals surface area contributed by atoms with Gasteiger partial charge in [-0.2, -0.15) is 0 Å². The zero-order valence-electron chi connectivity index (χ0n) is 16.6. The molecule has 1 heterocycles. The number of nitrogens with one attached hydrogen (secondary N) is 1. The second-order valence-electron chi connectivity index (χ2n) is 6.48. The number of rotatable bonds is 8. The summed E-state index contributed by atoms with van der Waals surface area (Å²) in [6, 6.07) is 15.0. The zero-order valence-corrected chi connectivity index (χ0v) is 18.1. The minimum atomic E-state index is -0.339. The molecule has 8 heteroatoms. The maximum Gasteiger partial charge on any atom is 0.234 e. The van der Waals surface area contributed by atoms with Crippen molar-refractivity contribution in [2.24, 2.45) is 0 Å². The molecule has 1 N–H and O–H groups in total. The van der Waals surface area contributed by atoms with Crippen LogP contribution >= 0.6 is 23.4 Å². The van der Waals surface area contributed by atoms with E-state index >= 15 is 0 Å². The molecule has 1 unspecified atom stereocenters. The van der Waals surface area contributed by atoms with Gasteiger partial charge in [0.05, 0.1) is 10.8 Å². The summed E-state index contributed by atoms with van der Waals surface area (Å²) < 4.78 is 7.98. The third-order valence-electron chi connectivity index (χ3n) is 4.21. The van der Waals surface area contributed by atoms with E-state index in [2.05, 4.69) is 15.5 Å². The van der Waals surface area contributed by atoms with Crippen LogP contribution < -0.4 is 10.1 Å². The molecule has 1 atom stereocenters. The summed E-state index contributed by atoms with van der Waals surface area (Å²) >= 11 is 7.59. The van der Waals surface area contributed by atoms with Crippen molar-refractivity contribution >= 4 is 35.0 Å². The number of carbonyl (C=O) groups is 1. The minimum Gasteiger partial charge on any atom is -0.481 e. The third kappa shape index (κ3) is 5.52. The lowest BCUT2D eigenvalue weighted by Gasteiger charge is -2.16. The summed E-state index contributed by atoms with van der Waals surface area (Å²) in [6.07, 6.45) is -0.339. The number of nitrogens with zero attached hydrogens (tertiary/aromatic N) is 3. The van der Waals surface area contributed by atoms with Crippen LogP contribution in [0.15, 0.2) is 53.7 Å². The van der Waals surface area contributed by atoms with E-state index < -0.39 is 0 Å². The van der Waals surface area contributed by atoms with Crippen LogP contribution in [0.5, 0.6) is 5.75 Å². The summed E-state index contributed by atoms with van der Waals surface area (Å²) in [4.78, 5) is 12.2. The number of benzene rings is 2. The molecule has 0 radical (unpaired) electrons. The SMILES string of the molecule is CCn1c(SCC(=O)Nc2ccccc2)nnc1C(C)Oc1cc(C)ccc1Cl. The van der Waals surface area contributed by atoms with Crippen LogP contribution in [0.3, 0.4) is 0 Å². The van der Waals surface area contributed by atoms with E-state index in [1.165, 1.54) is 11.8 Å². The van der Waals surface area contributed by atoms with Crippen LogP contribution in [0.4, 0.5) is 5.69 Å². The summed E-state index contributed by atoms with van der Waals surface area (Å²) in [7, 11) is 0. The Balaban J connectivity index is 1.66. The Kier molecular flexibility index (Phi) is 7.17. The number of para-hydroxylation sites is 1. The van der Waals surface area contributed by atoms with Gasteiger partial charge in [0.25, 0.3) is 0 Å². The second-order valence-corrected chi connectivity index (χ2v) is 7.83. The van der Waals surface area contributed by atoms with E-state index in [4.69, 9.17) is 16.3 Å². The number of halogens is 1. The molecule has 3 rings (SSSR count). The number of hydrogen-bond acceptors (Lipinski definition) is 5. The van der Waals surface area contributed by atoms with Crippen molar-refractivity contribution in [2.45, 2.75) is 38.6 Å². The van der Waals surface area contributed by atoms with Gasteiger partial charge in [0.1, 0.15) is 5.75 Å². The van der Waals surface area contributed by atoms with E-state index in [0.717, 1.165) is 11.3 Å². The second kappa shape index (κ2) is 9.80. The van der Waals surface area contributed by atoms with Crippen LogP contribution in [0, 0.1) is 6.92 Å². The number of aryl methyl sites for hydroxylation is 1. The highest BCUT2D eigenvalue weighted by Gasteiger charge is 2.20. The highest BCUT2D eigenvalue weighted by atomic mass is 35.5. The van der Waals surface area contributed by atoms with Gasteiger partial charge in [0.2, 0.25) is 5.91 Å². The van der Waals surface area contributed by atoms with Gasteiger partial charge in [0.15, 0.2) is 17.1 Å². The van der Waals surface area contributed by atoms with Gasteiger partial charge in [-0.1, -0.05) is 47.6 Å².